The first kappa shape index (κ1) is 9.29. The maximum Gasteiger partial charge on any atom is 0.488 e. The normalized spacial score (nSPS) is 10.0. The molecule has 0 spiro atoms. The van der Waals surface area contributed by atoms with Crippen LogP contribution in [-0.2, 0) is 6.42 Å². The van der Waals surface area contributed by atoms with Crippen molar-refractivity contribution < 1.29 is 10.0 Å². The molecule has 0 heterocycles. The minimum Gasteiger partial charge on any atom is -0.423 e. The Morgan fingerprint density at radius 3 is 2.42 bits per heavy atom. The summed E-state index contributed by atoms with van der Waals surface area (Å²) in [6, 6.07) is 5.73. The van der Waals surface area contributed by atoms with Crippen molar-refractivity contribution in [2.75, 3.05) is 0 Å². The number of rotatable bonds is 2. The number of hydrogen-bond acceptors (Lipinski definition) is 2. The molecule has 0 aromatic heterocycles. The highest BCUT2D eigenvalue weighted by Gasteiger charge is 2.16. The second kappa shape index (κ2) is 3.74. The lowest BCUT2D eigenvalue weighted by Gasteiger charge is -2.09. The summed E-state index contributed by atoms with van der Waals surface area (Å²) in [6.45, 7) is 3.88. The zero-order valence-electron chi connectivity index (χ0n) is 7.41. The minimum atomic E-state index is -1.35. The predicted molar refractivity (Wildman–Crippen MR) is 50.4 cm³/mol. The Kier molecular flexibility index (Phi) is 2.90. The van der Waals surface area contributed by atoms with E-state index in [9.17, 15) is 0 Å². The van der Waals surface area contributed by atoms with Crippen molar-refractivity contribution >= 4 is 12.6 Å². The second-order valence-electron chi connectivity index (χ2n) is 2.87. The third kappa shape index (κ3) is 1.68. The summed E-state index contributed by atoms with van der Waals surface area (Å²) in [5.74, 6) is 0. The molecule has 0 bridgehead atoms. The molecule has 3 heteroatoms. The Balaban J connectivity index is 3.20. The Hall–Kier alpha value is -0.795. The van der Waals surface area contributed by atoms with Crippen LogP contribution in [0, 0.1) is 6.92 Å². The van der Waals surface area contributed by atoms with E-state index in [-0.39, 0.29) is 0 Å². The highest BCUT2D eigenvalue weighted by Crippen LogP contribution is 2.02. The number of aryl methyl sites for hydroxylation is 2. The van der Waals surface area contributed by atoms with Crippen LogP contribution in [0.4, 0.5) is 0 Å². The van der Waals surface area contributed by atoms with Crippen molar-refractivity contribution in [3.8, 4) is 0 Å². The van der Waals surface area contributed by atoms with Gasteiger partial charge in [0.05, 0.1) is 0 Å². The average molecular weight is 164 g/mol. The van der Waals surface area contributed by atoms with Crippen LogP contribution in [0.1, 0.15) is 18.1 Å². The molecular weight excluding hydrogens is 151 g/mol. The third-order valence-corrected chi connectivity index (χ3v) is 2.05. The highest BCUT2D eigenvalue weighted by atomic mass is 16.4. The maximum atomic E-state index is 9.07. The van der Waals surface area contributed by atoms with Gasteiger partial charge in [-0.25, -0.2) is 0 Å². The molecule has 0 aliphatic heterocycles. The Morgan fingerprint density at radius 1 is 1.33 bits per heavy atom. The van der Waals surface area contributed by atoms with Crippen molar-refractivity contribution in [3.05, 3.63) is 29.3 Å². The predicted octanol–water partition coefficient (Wildman–Crippen LogP) is 0.237. The Bertz CT molecular complexity index is 271. The zero-order chi connectivity index (χ0) is 9.14. The van der Waals surface area contributed by atoms with Crippen LogP contribution in [0.25, 0.3) is 0 Å². The van der Waals surface area contributed by atoms with Gasteiger partial charge in [-0.1, -0.05) is 30.7 Å². The topological polar surface area (TPSA) is 40.5 Å². The summed E-state index contributed by atoms with van der Waals surface area (Å²) in [7, 11) is -1.35. The molecule has 0 amide bonds. The summed E-state index contributed by atoms with van der Waals surface area (Å²) in [6.07, 6.45) is 0.828. The SMILES string of the molecule is CCc1cccc(C)c1B(O)O. The first-order chi connectivity index (χ1) is 5.66. The van der Waals surface area contributed by atoms with E-state index in [1.165, 1.54) is 0 Å². The van der Waals surface area contributed by atoms with Gasteiger partial charge in [-0.3, -0.25) is 0 Å². The molecule has 0 atom stereocenters. The van der Waals surface area contributed by atoms with E-state index in [2.05, 4.69) is 0 Å². The van der Waals surface area contributed by atoms with Crippen molar-refractivity contribution in [1.82, 2.24) is 0 Å². The molecule has 64 valence electrons. The molecule has 0 saturated heterocycles. The molecule has 0 aliphatic carbocycles. The van der Waals surface area contributed by atoms with Gasteiger partial charge in [0, 0.05) is 0 Å². The van der Waals surface area contributed by atoms with Crippen LogP contribution in [0.2, 0.25) is 0 Å². The van der Waals surface area contributed by atoms with E-state index < -0.39 is 7.12 Å². The summed E-state index contributed by atoms with van der Waals surface area (Å²) in [5.41, 5.74) is 2.59. The third-order valence-electron chi connectivity index (χ3n) is 2.05. The lowest BCUT2D eigenvalue weighted by Crippen LogP contribution is -2.35. The Morgan fingerprint density at radius 2 is 2.00 bits per heavy atom. The molecule has 1 aromatic carbocycles. The van der Waals surface area contributed by atoms with Gasteiger partial charge >= 0.3 is 7.12 Å². The lowest BCUT2D eigenvalue weighted by molar-refractivity contribution is 0.425. The summed E-state index contributed by atoms with van der Waals surface area (Å²) in [4.78, 5) is 0. The fraction of sp³-hybridized carbons (Fsp3) is 0.333. The van der Waals surface area contributed by atoms with Crippen LogP contribution < -0.4 is 5.46 Å². The Labute approximate surface area is 73.0 Å². The standard InChI is InChI=1S/C9H13BO2/c1-3-8-6-4-5-7(2)9(8)10(11)12/h4-6,11-12H,3H2,1-2H3. The van der Waals surface area contributed by atoms with E-state index >= 15 is 0 Å². The fourth-order valence-electron chi connectivity index (χ4n) is 1.42. The van der Waals surface area contributed by atoms with Gasteiger partial charge in [0.2, 0.25) is 0 Å². The zero-order valence-corrected chi connectivity index (χ0v) is 7.41. The van der Waals surface area contributed by atoms with Gasteiger partial charge in [0.25, 0.3) is 0 Å². The molecule has 1 aromatic rings. The lowest BCUT2D eigenvalue weighted by atomic mass is 9.73. The van der Waals surface area contributed by atoms with Crippen LogP contribution in [0.3, 0.4) is 0 Å². The summed E-state index contributed by atoms with van der Waals surface area (Å²) < 4.78 is 0. The maximum absolute atomic E-state index is 9.07. The molecule has 2 nitrogen and oxygen atoms in total. The van der Waals surface area contributed by atoms with Gasteiger partial charge < -0.3 is 10.0 Å². The van der Waals surface area contributed by atoms with Gasteiger partial charge in [-0.2, -0.15) is 0 Å². The van der Waals surface area contributed by atoms with Crippen molar-refractivity contribution in [2.24, 2.45) is 0 Å². The molecule has 0 unspecified atom stereocenters. The molecule has 0 aliphatic rings. The monoisotopic (exact) mass is 164 g/mol. The molecular formula is C9H13BO2. The van der Waals surface area contributed by atoms with Crippen molar-refractivity contribution in [3.63, 3.8) is 0 Å². The van der Waals surface area contributed by atoms with Gasteiger partial charge in [0.1, 0.15) is 0 Å². The smallest absolute Gasteiger partial charge is 0.423 e. The number of benzene rings is 1. The van der Waals surface area contributed by atoms with Crippen LogP contribution in [0.15, 0.2) is 18.2 Å². The van der Waals surface area contributed by atoms with Crippen molar-refractivity contribution in [1.29, 1.82) is 0 Å². The second-order valence-corrected chi connectivity index (χ2v) is 2.87. The van der Waals surface area contributed by atoms with E-state index in [4.69, 9.17) is 10.0 Å². The van der Waals surface area contributed by atoms with E-state index in [1.54, 1.807) is 0 Å². The van der Waals surface area contributed by atoms with Crippen LogP contribution in [0.5, 0.6) is 0 Å². The molecule has 0 radical (unpaired) electrons. The molecule has 12 heavy (non-hydrogen) atoms. The highest BCUT2D eigenvalue weighted by molar-refractivity contribution is 6.59. The van der Waals surface area contributed by atoms with Gasteiger partial charge in [-0.05, 0) is 24.4 Å². The first-order valence-corrected chi connectivity index (χ1v) is 4.11. The fourth-order valence-corrected chi connectivity index (χ4v) is 1.42. The van der Waals surface area contributed by atoms with Crippen LogP contribution >= 0.6 is 0 Å². The summed E-state index contributed by atoms with van der Waals surface area (Å²) in [5, 5.41) is 18.1. The van der Waals surface area contributed by atoms with E-state index in [0.717, 1.165) is 17.5 Å². The molecule has 0 saturated carbocycles. The van der Waals surface area contributed by atoms with E-state index in [0.29, 0.717) is 5.46 Å². The minimum absolute atomic E-state index is 0.653. The van der Waals surface area contributed by atoms with E-state index in [1.807, 2.05) is 32.0 Å². The first-order valence-electron chi connectivity index (χ1n) is 4.11. The molecule has 0 fully saturated rings. The molecule has 1 rings (SSSR count). The summed E-state index contributed by atoms with van der Waals surface area (Å²) >= 11 is 0. The van der Waals surface area contributed by atoms with Gasteiger partial charge in [0.15, 0.2) is 0 Å². The van der Waals surface area contributed by atoms with Crippen molar-refractivity contribution in [2.45, 2.75) is 20.3 Å². The number of hydrogen-bond donors (Lipinski definition) is 2. The van der Waals surface area contributed by atoms with Gasteiger partial charge in [-0.15, -0.1) is 0 Å². The quantitative estimate of drug-likeness (QED) is 0.614. The largest absolute Gasteiger partial charge is 0.488 e. The van der Waals surface area contributed by atoms with Crippen LogP contribution in [-0.4, -0.2) is 17.2 Å². The average Bonchev–Trinajstić information content (AvgIpc) is 2.03. The molecule has 2 N–H and O–H groups in total.